The van der Waals surface area contributed by atoms with E-state index in [0.29, 0.717) is 17.8 Å². The second-order valence-corrected chi connectivity index (χ2v) is 5.61. The van der Waals surface area contributed by atoms with Crippen LogP contribution in [0.4, 0.5) is 11.4 Å². The van der Waals surface area contributed by atoms with Crippen molar-refractivity contribution in [2.24, 2.45) is 0 Å². The summed E-state index contributed by atoms with van der Waals surface area (Å²) in [6, 6.07) is 8.66. The van der Waals surface area contributed by atoms with E-state index >= 15 is 0 Å². The Morgan fingerprint density at radius 3 is 3.00 bits per heavy atom. The summed E-state index contributed by atoms with van der Waals surface area (Å²) in [7, 11) is 0. The zero-order valence-corrected chi connectivity index (χ0v) is 11.4. The molecule has 6 heteroatoms. The number of benzene rings is 1. The third kappa shape index (κ3) is 2.12. The monoisotopic (exact) mass is 285 g/mol. The van der Waals surface area contributed by atoms with Crippen molar-refractivity contribution in [3.8, 4) is 6.07 Å². The van der Waals surface area contributed by atoms with Gasteiger partial charge in [0.25, 0.3) is 5.69 Å². The Balaban J connectivity index is 1.99. The van der Waals surface area contributed by atoms with Gasteiger partial charge in [-0.2, -0.15) is 5.26 Å². The fourth-order valence-electron chi connectivity index (χ4n) is 2.46. The van der Waals surface area contributed by atoms with E-state index in [1.54, 1.807) is 23.5 Å². The number of anilines is 1. The molecule has 0 amide bonds. The molecule has 0 radical (unpaired) electrons. The fourth-order valence-corrected chi connectivity index (χ4v) is 3.35. The van der Waals surface area contributed by atoms with Crippen LogP contribution >= 0.6 is 11.3 Å². The molecule has 1 aliphatic rings. The molecule has 0 bridgehead atoms. The van der Waals surface area contributed by atoms with Gasteiger partial charge in [-0.05, 0) is 35.6 Å². The summed E-state index contributed by atoms with van der Waals surface area (Å²) in [6.45, 7) is 1.45. The van der Waals surface area contributed by atoms with Gasteiger partial charge in [0.2, 0.25) is 0 Å². The van der Waals surface area contributed by atoms with Crippen molar-refractivity contribution in [1.29, 1.82) is 5.26 Å². The van der Waals surface area contributed by atoms with E-state index in [1.165, 1.54) is 16.5 Å². The van der Waals surface area contributed by atoms with Crippen LogP contribution in [-0.4, -0.2) is 11.5 Å². The van der Waals surface area contributed by atoms with Gasteiger partial charge in [-0.15, -0.1) is 11.3 Å². The number of nitro groups is 1. The van der Waals surface area contributed by atoms with Crippen molar-refractivity contribution in [2.75, 3.05) is 11.4 Å². The summed E-state index contributed by atoms with van der Waals surface area (Å²) >= 11 is 1.74. The number of nitrogens with zero attached hydrogens (tertiary/aromatic N) is 3. The highest BCUT2D eigenvalue weighted by molar-refractivity contribution is 7.10. The number of nitriles is 1. The molecule has 0 fully saturated rings. The van der Waals surface area contributed by atoms with Crippen LogP contribution in [0, 0.1) is 21.4 Å². The lowest BCUT2D eigenvalue weighted by Gasteiger charge is -2.28. The maximum atomic E-state index is 11.2. The van der Waals surface area contributed by atoms with Crippen LogP contribution in [0.25, 0.3) is 0 Å². The molecule has 0 atom stereocenters. The van der Waals surface area contributed by atoms with Crippen molar-refractivity contribution in [2.45, 2.75) is 13.0 Å². The van der Waals surface area contributed by atoms with E-state index in [4.69, 9.17) is 5.26 Å². The zero-order valence-electron chi connectivity index (χ0n) is 10.6. The standard InChI is InChI=1S/C14H11N3O2S/c15-8-10-1-2-12(13(7-10)17(18)19)16-5-3-14-11(9-16)4-6-20-14/h1-2,4,6-7H,3,5,9H2. The van der Waals surface area contributed by atoms with Gasteiger partial charge in [-0.1, -0.05) is 0 Å². The average Bonchev–Trinajstić information content (AvgIpc) is 2.93. The van der Waals surface area contributed by atoms with Crippen molar-refractivity contribution < 1.29 is 4.92 Å². The predicted octanol–water partition coefficient (Wildman–Crippen LogP) is 3.09. The van der Waals surface area contributed by atoms with Crippen molar-refractivity contribution >= 4 is 22.7 Å². The average molecular weight is 285 g/mol. The van der Waals surface area contributed by atoms with E-state index in [0.717, 1.165) is 13.0 Å². The first kappa shape index (κ1) is 12.6. The Morgan fingerprint density at radius 2 is 2.25 bits per heavy atom. The number of rotatable bonds is 2. The highest BCUT2D eigenvalue weighted by Gasteiger charge is 2.24. The van der Waals surface area contributed by atoms with Crippen molar-refractivity contribution in [1.82, 2.24) is 0 Å². The van der Waals surface area contributed by atoms with E-state index in [1.807, 2.05) is 11.0 Å². The minimum absolute atomic E-state index is 0.00253. The Kier molecular flexibility index (Phi) is 3.12. The Morgan fingerprint density at radius 1 is 1.40 bits per heavy atom. The summed E-state index contributed by atoms with van der Waals surface area (Å²) in [5, 5.41) is 22.1. The van der Waals surface area contributed by atoms with Crippen LogP contribution in [-0.2, 0) is 13.0 Å². The second kappa shape index (κ2) is 4.94. The first-order valence-corrected chi connectivity index (χ1v) is 7.06. The molecule has 2 aromatic rings. The molecule has 1 aromatic carbocycles. The first-order valence-electron chi connectivity index (χ1n) is 6.18. The molecule has 0 spiro atoms. The number of hydrogen-bond acceptors (Lipinski definition) is 5. The Labute approximate surface area is 119 Å². The van der Waals surface area contributed by atoms with Gasteiger partial charge >= 0.3 is 0 Å². The van der Waals surface area contributed by atoms with E-state index < -0.39 is 4.92 Å². The van der Waals surface area contributed by atoms with Gasteiger partial charge in [0.1, 0.15) is 5.69 Å². The number of thiophene rings is 1. The smallest absolute Gasteiger partial charge is 0.293 e. The fraction of sp³-hybridized carbons (Fsp3) is 0.214. The third-order valence-corrected chi connectivity index (χ3v) is 4.47. The van der Waals surface area contributed by atoms with Gasteiger partial charge in [-0.25, -0.2) is 0 Å². The van der Waals surface area contributed by atoms with E-state index in [9.17, 15) is 10.1 Å². The topological polar surface area (TPSA) is 70.2 Å². The molecular formula is C14H11N3O2S. The zero-order chi connectivity index (χ0) is 14.1. The molecule has 3 rings (SSSR count). The maximum absolute atomic E-state index is 11.2. The molecule has 5 nitrogen and oxygen atoms in total. The highest BCUT2D eigenvalue weighted by atomic mass is 32.1. The second-order valence-electron chi connectivity index (χ2n) is 4.61. The van der Waals surface area contributed by atoms with Crippen LogP contribution < -0.4 is 4.90 Å². The third-order valence-electron chi connectivity index (χ3n) is 3.45. The lowest BCUT2D eigenvalue weighted by molar-refractivity contribution is -0.384. The molecule has 1 aromatic heterocycles. The molecule has 0 N–H and O–H groups in total. The molecule has 1 aliphatic heterocycles. The van der Waals surface area contributed by atoms with E-state index in [2.05, 4.69) is 11.4 Å². The Hall–Kier alpha value is -2.39. The molecule has 100 valence electrons. The summed E-state index contributed by atoms with van der Waals surface area (Å²) in [6.07, 6.45) is 0.907. The molecular weight excluding hydrogens is 274 g/mol. The van der Waals surface area contributed by atoms with Crippen LogP contribution in [0.15, 0.2) is 29.6 Å². The van der Waals surface area contributed by atoms with Gasteiger partial charge < -0.3 is 4.90 Å². The minimum atomic E-state index is -0.417. The Bertz CT molecular complexity index is 717. The summed E-state index contributed by atoms with van der Waals surface area (Å²) in [4.78, 5) is 14.1. The van der Waals surface area contributed by atoms with Crippen LogP contribution in [0.1, 0.15) is 16.0 Å². The molecule has 0 saturated carbocycles. The predicted molar refractivity (Wildman–Crippen MR) is 76.9 cm³/mol. The summed E-state index contributed by atoms with van der Waals surface area (Å²) in [5.74, 6) is 0. The molecule has 2 heterocycles. The van der Waals surface area contributed by atoms with Crippen LogP contribution in [0.2, 0.25) is 0 Å². The van der Waals surface area contributed by atoms with Gasteiger partial charge in [0.15, 0.2) is 0 Å². The molecule has 20 heavy (non-hydrogen) atoms. The van der Waals surface area contributed by atoms with Crippen LogP contribution in [0.5, 0.6) is 0 Å². The summed E-state index contributed by atoms with van der Waals surface area (Å²) in [5.41, 5.74) is 2.14. The number of nitro benzene ring substituents is 1. The maximum Gasteiger partial charge on any atom is 0.293 e. The quantitative estimate of drug-likeness (QED) is 0.628. The lowest BCUT2D eigenvalue weighted by Crippen LogP contribution is -2.29. The number of hydrogen-bond donors (Lipinski definition) is 0. The largest absolute Gasteiger partial charge is 0.361 e. The summed E-state index contributed by atoms with van der Waals surface area (Å²) < 4.78 is 0. The van der Waals surface area contributed by atoms with Crippen molar-refractivity contribution in [3.63, 3.8) is 0 Å². The normalized spacial score (nSPS) is 13.7. The van der Waals surface area contributed by atoms with Gasteiger partial charge in [0, 0.05) is 24.0 Å². The van der Waals surface area contributed by atoms with Gasteiger partial charge in [0.05, 0.1) is 16.6 Å². The SMILES string of the molecule is N#Cc1ccc(N2CCc3sccc3C2)c([N+](=O)[O-])c1. The van der Waals surface area contributed by atoms with Crippen molar-refractivity contribution in [3.05, 3.63) is 55.8 Å². The lowest BCUT2D eigenvalue weighted by atomic mass is 10.1. The first-order chi connectivity index (χ1) is 9.69. The minimum Gasteiger partial charge on any atom is -0.361 e. The molecule has 0 unspecified atom stereocenters. The molecule has 0 aliphatic carbocycles. The number of fused-ring (bicyclic) bond motifs is 1. The van der Waals surface area contributed by atoms with Gasteiger partial charge in [-0.3, -0.25) is 10.1 Å². The van der Waals surface area contributed by atoms with Crippen LogP contribution in [0.3, 0.4) is 0 Å². The highest BCUT2D eigenvalue weighted by Crippen LogP contribution is 2.34. The molecule has 0 saturated heterocycles. The van der Waals surface area contributed by atoms with E-state index in [-0.39, 0.29) is 5.69 Å².